The van der Waals surface area contributed by atoms with Gasteiger partial charge in [0.05, 0.1) is 10.6 Å². The fourth-order valence-electron chi connectivity index (χ4n) is 3.43. The van der Waals surface area contributed by atoms with Crippen molar-refractivity contribution in [3.8, 4) is 0 Å². The molecule has 1 N–H and O–H groups in total. The van der Waals surface area contributed by atoms with Crippen LogP contribution in [0.3, 0.4) is 0 Å². The lowest BCUT2D eigenvalue weighted by molar-refractivity contribution is -0.119. The van der Waals surface area contributed by atoms with Crippen molar-refractivity contribution in [2.75, 3.05) is 24.5 Å². The van der Waals surface area contributed by atoms with Gasteiger partial charge in [-0.2, -0.15) is 13.2 Å². The van der Waals surface area contributed by atoms with E-state index in [1.807, 2.05) is 0 Å². The number of amides is 3. The van der Waals surface area contributed by atoms with Gasteiger partial charge in [-0.3, -0.25) is 4.79 Å². The number of carbonyl (C=O) groups is 2. The number of rotatable bonds is 4. The first-order valence-corrected chi connectivity index (χ1v) is 10.3. The number of hydrogen-bond donors (Lipinski definition) is 1. The zero-order valence-corrected chi connectivity index (χ0v) is 15.9. The highest BCUT2D eigenvalue weighted by molar-refractivity contribution is 7.92. The monoisotopic (exact) mass is 419 g/mol. The minimum Gasteiger partial charge on any atom is -0.317 e. The van der Waals surface area contributed by atoms with Crippen molar-refractivity contribution >= 4 is 27.5 Å². The van der Waals surface area contributed by atoms with Gasteiger partial charge in [0.2, 0.25) is 0 Å². The Balaban J connectivity index is 1.81. The predicted octanol–water partition coefficient (Wildman–Crippen LogP) is 2.14. The molecule has 0 bridgehead atoms. The van der Waals surface area contributed by atoms with E-state index >= 15 is 0 Å². The maximum atomic E-state index is 12.8. The Hall–Kier alpha value is -2.14. The van der Waals surface area contributed by atoms with Crippen LogP contribution in [0, 0.1) is 5.92 Å². The molecule has 2 saturated heterocycles. The number of hydrogen-bond acceptors (Lipinski definition) is 5. The second-order valence-corrected chi connectivity index (χ2v) is 8.86. The molecule has 0 saturated carbocycles. The summed E-state index contributed by atoms with van der Waals surface area (Å²) < 4.78 is 60.9. The summed E-state index contributed by atoms with van der Waals surface area (Å²) in [6.45, 7) is 3.70. The summed E-state index contributed by atoms with van der Waals surface area (Å²) in [5.41, 5.74) is -5.38. The van der Waals surface area contributed by atoms with E-state index in [0.29, 0.717) is 6.54 Å². The number of sulfone groups is 1. The lowest BCUT2D eigenvalue weighted by Crippen LogP contribution is -2.40. The number of urea groups is 1. The van der Waals surface area contributed by atoms with Crippen molar-refractivity contribution in [2.24, 2.45) is 5.92 Å². The van der Waals surface area contributed by atoms with E-state index in [0.717, 1.165) is 55.1 Å². The van der Waals surface area contributed by atoms with Crippen LogP contribution in [0.4, 0.5) is 23.7 Å². The topological polar surface area (TPSA) is 86.8 Å². The number of halogens is 3. The van der Waals surface area contributed by atoms with Gasteiger partial charge in [-0.05, 0) is 63.0 Å². The van der Waals surface area contributed by atoms with Gasteiger partial charge in [0.25, 0.3) is 15.7 Å². The van der Waals surface area contributed by atoms with E-state index in [-0.39, 0.29) is 11.6 Å². The van der Waals surface area contributed by atoms with Crippen molar-refractivity contribution < 1.29 is 31.2 Å². The normalized spacial score (nSPS) is 22.2. The zero-order chi connectivity index (χ0) is 20.7. The minimum absolute atomic E-state index is 0.0378. The molecular weight excluding hydrogens is 399 g/mol. The van der Waals surface area contributed by atoms with Crippen LogP contribution in [0.25, 0.3) is 0 Å². The van der Waals surface area contributed by atoms with E-state index in [1.54, 1.807) is 6.92 Å². The molecule has 154 valence electrons. The molecular formula is C17H20F3N3O4S. The smallest absolute Gasteiger partial charge is 0.317 e. The van der Waals surface area contributed by atoms with Crippen molar-refractivity contribution in [3.63, 3.8) is 0 Å². The summed E-state index contributed by atoms with van der Waals surface area (Å²) in [6.07, 6.45) is 1.77. The number of alkyl halides is 3. The third kappa shape index (κ3) is 3.60. The predicted molar refractivity (Wildman–Crippen MR) is 94.3 cm³/mol. The van der Waals surface area contributed by atoms with Gasteiger partial charge in [0.15, 0.2) is 0 Å². The number of anilines is 1. The third-order valence-electron chi connectivity index (χ3n) is 5.11. The van der Waals surface area contributed by atoms with Gasteiger partial charge in [0.1, 0.15) is 6.04 Å². The SMILES string of the molecule is C[C@H]1C(=O)N(c2ccc(S(=O)(=O)C(F)(F)F)cc2)C(=O)N1CC1CCNCC1. The third-order valence-corrected chi connectivity index (χ3v) is 6.61. The highest BCUT2D eigenvalue weighted by atomic mass is 32.2. The van der Waals surface area contributed by atoms with Crippen LogP contribution in [0.1, 0.15) is 19.8 Å². The first kappa shape index (κ1) is 20.6. The lowest BCUT2D eigenvalue weighted by atomic mass is 9.97. The second kappa shape index (κ2) is 7.36. The Morgan fingerprint density at radius 1 is 1.11 bits per heavy atom. The van der Waals surface area contributed by atoms with E-state index in [1.165, 1.54) is 4.90 Å². The molecule has 0 aromatic heterocycles. The van der Waals surface area contributed by atoms with Gasteiger partial charge < -0.3 is 10.2 Å². The quantitative estimate of drug-likeness (QED) is 0.756. The Kier molecular flexibility index (Phi) is 5.41. The molecule has 0 spiro atoms. The van der Waals surface area contributed by atoms with Crippen LogP contribution >= 0.6 is 0 Å². The van der Waals surface area contributed by atoms with Crippen molar-refractivity contribution in [1.82, 2.24) is 10.2 Å². The summed E-state index contributed by atoms with van der Waals surface area (Å²) in [5, 5.41) is 3.22. The molecule has 2 heterocycles. The first-order valence-electron chi connectivity index (χ1n) is 8.80. The Labute approximate surface area is 160 Å². The van der Waals surface area contributed by atoms with Gasteiger partial charge in [0, 0.05) is 6.54 Å². The van der Waals surface area contributed by atoms with Crippen molar-refractivity contribution in [3.05, 3.63) is 24.3 Å². The molecule has 0 radical (unpaired) electrons. The van der Waals surface area contributed by atoms with E-state index in [4.69, 9.17) is 0 Å². The lowest BCUT2D eigenvalue weighted by Gasteiger charge is -2.28. The van der Waals surface area contributed by atoms with E-state index in [9.17, 15) is 31.2 Å². The molecule has 7 nitrogen and oxygen atoms in total. The van der Waals surface area contributed by atoms with Crippen LogP contribution in [0.15, 0.2) is 29.2 Å². The maximum Gasteiger partial charge on any atom is 0.501 e. The van der Waals surface area contributed by atoms with Crippen molar-refractivity contribution in [2.45, 2.75) is 36.2 Å². The number of imide groups is 1. The molecule has 2 fully saturated rings. The summed E-state index contributed by atoms with van der Waals surface area (Å²) in [5.74, 6) is -0.231. The van der Waals surface area contributed by atoms with Crippen LogP contribution in [-0.2, 0) is 14.6 Å². The van der Waals surface area contributed by atoms with Crippen LogP contribution in [0.2, 0.25) is 0 Å². The molecule has 1 atom stereocenters. The summed E-state index contributed by atoms with van der Waals surface area (Å²) in [6, 6.07) is 2.32. The number of piperidine rings is 1. The van der Waals surface area contributed by atoms with Crippen LogP contribution < -0.4 is 10.2 Å². The van der Waals surface area contributed by atoms with Crippen LogP contribution in [0.5, 0.6) is 0 Å². The van der Waals surface area contributed by atoms with E-state index in [2.05, 4.69) is 5.32 Å². The summed E-state index contributed by atoms with van der Waals surface area (Å²) in [4.78, 5) is 26.7. The van der Waals surface area contributed by atoms with Gasteiger partial charge in [-0.1, -0.05) is 0 Å². The average molecular weight is 419 g/mol. The molecule has 3 amide bonds. The van der Waals surface area contributed by atoms with Gasteiger partial charge in [-0.15, -0.1) is 0 Å². The molecule has 2 aliphatic heterocycles. The second-order valence-electron chi connectivity index (χ2n) is 6.92. The highest BCUT2D eigenvalue weighted by Crippen LogP contribution is 2.32. The Morgan fingerprint density at radius 3 is 2.21 bits per heavy atom. The van der Waals surface area contributed by atoms with E-state index < -0.39 is 38.2 Å². The van der Waals surface area contributed by atoms with Crippen molar-refractivity contribution in [1.29, 1.82) is 0 Å². The van der Waals surface area contributed by atoms with Crippen LogP contribution in [-0.4, -0.2) is 56.4 Å². The molecule has 28 heavy (non-hydrogen) atoms. The summed E-state index contributed by atoms with van der Waals surface area (Å²) >= 11 is 0. The molecule has 0 unspecified atom stereocenters. The number of carbonyl (C=O) groups excluding carboxylic acids is 2. The standard InChI is InChI=1S/C17H20F3N3O4S/c1-11-15(24)23(16(25)22(11)10-12-6-8-21-9-7-12)13-2-4-14(5-3-13)28(26,27)17(18,19)20/h2-5,11-12,21H,6-10H2,1H3/t11-/m0/s1. The van der Waals surface area contributed by atoms with Gasteiger partial charge >= 0.3 is 11.5 Å². The minimum atomic E-state index is -5.49. The molecule has 3 rings (SSSR count). The summed E-state index contributed by atoms with van der Waals surface area (Å²) in [7, 11) is -5.49. The number of nitrogens with zero attached hydrogens (tertiary/aromatic N) is 2. The highest BCUT2D eigenvalue weighted by Gasteiger charge is 2.47. The first-order chi connectivity index (χ1) is 13.0. The zero-order valence-electron chi connectivity index (χ0n) is 15.1. The maximum absolute atomic E-state index is 12.8. The number of nitrogens with one attached hydrogen (secondary N) is 1. The molecule has 0 aliphatic carbocycles. The Bertz CT molecular complexity index is 865. The molecule has 11 heteroatoms. The largest absolute Gasteiger partial charge is 0.501 e. The molecule has 1 aromatic rings. The Morgan fingerprint density at radius 2 is 1.68 bits per heavy atom. The number of benzene rings is 1. The molecule has 2 aliphatic rings. The molecule has 1 aromatic carbocycles. The van der Waals surface area contributed by atoms with Gasteiger partial charge in [-0.25, -0.2) is 18.1 Å². The fraction of sp³-hybridized carbons (Fsp3) is 0.529. The fourth-order valence-corrected chi connectivity index (χ4v) is 4.19. The average Bonchev–Trinajstić information content (AvgIpc) is 2.85.